The molecule has 7 nitrogen and oxygen atoms in total. The van der Waals surface area contributed by atoms with E-state index in [4.69, 9.17) is 4.74 Å². The first-order valence-electron chi connectivity index (χ1n) is 10.5. The van der Waals surface area contributed by atoms with Crippen LogP contribution in [-0.4, -0.2) is 48.9 Å². The van der Waals surface area contributed by atoms with Crippen molar-refractivity contribution in [2.75, 3.05) is 25.5 Å². The fraction of sp³-hybridized carbons (Fsp3) is 0.375. The molecule has 1 aliphatic rings. The first-order chi connectivity index (χ1) is 15.0. The van der Waals surface area contributed by atoms with Crippen molar-refractivity contribution < 1.29 is 19.1 Å². The van der Waals surface area contributed by atoms with Gasteiger partial charge in [-0.15, -0.1) is 0 Å². The number of likely N-dealkylation sites (tertiary alicyclic amines) is 1. The highest BCUT2D eigenvalue weighted by atomic mass is 16.5. The summed E-state index contributed by atoms with van der Waals surface area (Å²) in [7, 11) is 1.60. The number of hydrogen-bond donors (Lipinski definition) is 2. The van der Waals surface area contributed by atoms with Gasteiger partial charge in [0.25, 0.3) is 0 Å². The minimum Gasteiger partial charge on any atom is -0.497 e. The zero-order chi connectivity index (χ0) is 22.2. The molecule has 0 aliphatic carbocycles. The van der Waals surface area contributed by atoms with Crippen LogP contribution >= 0.6 is 0 Å². The normalized spacial score (nSPS) is 15.1. The quantitative estimate of drug-likeness (QED) is 0.717. The third-order valence-corrected chi connectivity index (χ3v) is 5.49. The summed E-state index contributed by atoms with van der Waals surface area (Å²) >= 11 is 0. The Morgan fingerprint density at radius 1 is 1.03 bits per heavy atom. The Kier molecular flexibility index (Phi) is 7.65. The van der Waals surface area contributed by atoms with Crippen molar-refractivity contribution in [3.8, 4) is 5.75 Å². The molecule has 0 saturated carbocycles. The molecule has 2 aromatic rings. The predicted octanol–water partition coefficient (Wildman–Crippen LogP) is 2.62. The van der Waals surface area contributed by atoms with Crippen molar-refractivity contribution >= 4 is 23.4 Å². The van der Waals surface area contributed by atoms with Crippen LogP contribution in [0.1, 0.15) is 25.3 Å². The number of methoxy groups -OCH3 is 1. The fourth-order valence-electron chi connectivity index (χ4n) is 3.80. The number of carbonyl (C=O) groups is 3. The van der Waals surface area contributed by atoms with Crippen LogP contribution < -0.4 is 15.4 Å². The lowest BCUT2D eigenvalue weighted by molar-refractivity contribution is -0.138. The van der Waals surface area contributed by atoms with E-state index < -0.39 is 6.04 Å². The Morgan fingerprint density at radius 3 is 2.26 bits per heavy atom. The van der Waals surface area contributed by atoms with E-state index in [0.29, 0.717) is 32.4 Å². The topological polar surface area (TPSA) is 87.7 Å². The van der Waals surface area contributed by atoms with E-state index in [1.807, 2.05) is 30.3 Å². The van der Waals surface area contributed by atoms with Gasteiger partial charge in [-0.05, 0) is 42.7 Å². The smallest absolute Gasteiger partial charge is 0.245 e. The minimum atomic E-state index is -0.607. The van der Waals surface area contributed by atoms with Crippen molar-refractivity contribution in [2.45, 2.75) is 32.2 Å². The highest BCUT2D eigenvalue weighted by Gasteiger charge is 2.31. The molecule has 0 aromatic heterocycles. The van der Waals surface area contributed by atoms with Crippen LogP contribution in [0.4, 0.5) is 5.69 Å². The lowest BCUT2D eigenvalue weighted by Crippen LogP contribution is -2.52. The maximum absolute atomic E-state index is 13.1. The number of benzene rings is 2. The summed E-state index contributed by atoms with van der Waals surface area (Å²) in [5.74, 6) is 0.199. The molecule has 2 N–H and O–H groups in total. The molecule has 1 atom stereocenters. The average molecular weight is 424 g/mol. The van der Waals surface area contributed by atoms with Gasteiger partial charge in [-0.1, -0.05) is 30.3 Å². The van der Waals surface area contributed by atoms with E-state index in [2.05, 4.69) is 10.6 Å². The molecule has 0 unspecified atom stereocenters. The summed E-state index contributed by atoms with van der Waals surface area (Å²) in [6.07, 6.45) is 1.62. The number of ether oxygens (including phenoxy) is 1. The summed E-state index contributed by atoms with van der Waals surface area (Å²) in [6, 6.07) is 16.2. The zero-order valence-electron chi connectivity index (χ0n) is 18.0. The van der Waals surface area contributed by atoms with Crippen LogP contribution in [0, 0.1) is 5.92 Å². The third-order valence-electron chi connectivity index (χ3n) is 5.49. The highest BCUT2D eigenvalue weighted by molar-refractivity contribution is 5.93. The Labute approximate surface area is 182 Å². The lowest BCUT2D eigenvalue weighted by Gasteiger charge is -2.34. The molecule has 1 heterocycles. The number of piperidine rings is 1. The second kappa shape index (κ2) is 10.6. The van der Waals surface area contributed by atoms with Crippen LogP contribution in [-0.2, 0) is 20.8 Å². The average Bonchev–Trinajstić information content (AvgIpc) is 2.79. The Bertz CT molecular complexity index is 891. The van der Waals surface area contributed by atoms with Gasteiger partial charge in [-0.2, -0.15) is 0 Å². The molecule has 0 spiro atoms. The van der Waals surface area contributed by atoms with Crippen molar-refractivity contribution in [2.24, 2.45) is 5.92 Å². The zero-order valence-corrected chi connectivity index (χ0v) is 18.0. The van der Waals surface area contributed by atoms with Crippen LogP contribution in [0.25, 0.3) is 0 Å². The molecule has 3 amide bonds. The van der Waals surface area contributed by atoms with Gasteiger partial charge in [0.2, 0.25) is 17.7 Å². The molecular weight excluding hydrogens is 394 g/mol. The van der Waals surface area contributed by atoms with Gasteiger partial charge in [0.1, 0.15) is 11.8 Å². The highest BCUT2D eigenvalue weighted by Crippen LogP contribution is 2.22. The van der Waals surface area contributed by atoms with E-state index >= 15 is 0 Å². The third kappa shape index (κ3) is 6.31. The van der Waals surface area contributed by atoms with Gasteiger partial charge in [-0.25, -0.2) is 0 Å². The SMILES string of the molecule is COc1ccc(NC(=O)C2CCN(C(=O)[C@@H](Cc3ccccc3)NC(C)=O)CC2)cc1. The lowest BCUT2D eigenvalue weighted by atomic mass is 9.94. The van der Waals surface area contributed by atoms with Crippen molar-refractivity contribution in [3.05, 3.63) is 60.2 Å². The number of carbonyl (C=O) groups excluding carboxylic acids is 3. The molecular formula is C24H29N3O4. The number of nitrogens with one attached hydrogen (secondary N) is 2. The van der Waals surface area contributed by atoms with Crippen LogP contribution in [0.5, 0.6) is 5.75 Å². The summed E-state index contributed by atoms with van der Waals surface area (Å²) in [5.41, 5.74) is 1.71. The molecule has 0 radical (unpaired) electrons. The van der Waals surface area contributed by atoms with Gasteiger partial charge in [0, 0.05) is 38.0 Å². The Hall–Kier alpha value is -3.35. The summed E-state index contributed by atoms with van der Waals surface area (Å²) < 4.78 is 5.13. The van der Waals surface area contributed by atoms with Crippen LogP contribution in [0.2, 0.25) is 0 Å². The number of nitrogens with zero attached hydrogens (tertiary/aromatic N) is 1. The monoisotopic (exact) mass is 423 g/mol. The molecule has 164 valence electrons. The fourth-order valence-corrected chi connectivity index (χ4v) is 3.80. The number of rotatable bonds is 7. The molecule has 1 fully saturated rings. The van der Waals surface area contributed by atoms with Crippen molar-refractivity contribution in [1.82, 2.24) is 10.2 Å². The largest absolute Gasteiger partial charge is 0.497 e. The number of hydrogen-bond acceptors (Lipinski definition) is 4. The standard InChI is InChI=1S/C24H29N3O4/c1-17(28)25-22(16-18-6-4-3-5-7-18)24(30)27-14-12-19(13-15-27)23(29)26-20-8-10-21(31-2)11-9-20/h3-11,19,22H,12-16H2,1-2H3,(H,25,28)(H,26,29)/t22-/m1/s1. The van der Waals surface area contributed by atoms with Crippen molar-refractivity contribution in [3.63, 3.8) is 0 Å². The van der Waals surface area contributed by atoms with E-state index in [0.717, 1.165) is 17.0 Å². The molecule has 7 heteroatoms. The maximum Gasteiger partial charge on any atom is 0.245 e. The van der Waals surface area contributed by atoms with Gasteiger partial charge >= 0.3 is 0 Å². The summed E-state index contributed by atoms with van der Waals surface area (Å²) in [5, 5.41) is 5.72. The maximum atomic E-state index is 13.1. The second-order valence-corrected chi connectivity index (χ2v) is 7.76. The Morgan fingerprint density at radius 2 is 1.68 bits per heavy atom. The first kappa shape index (κ1) is 22.3. The number of anilines is 1. The van der Waals surface area contributed by atoms with Crippen LogP contribution in [0.3, 0.4) is 0 Å². The van der Waals surface area contributed by atoms with Crippen LogP contribution in [0.15, 0.2) is 54.6 Å². The van der Waals surface area contributed by atoms with Gasteiger partial charge in [0.15, 0.2) is 0 Å². The van der Waals surface area contributed by atoms with Gasteiger partial charge < -0.3 is 20.3 Å². The Balaban J connectivity index is 1.55. The van der Waals surface area contributed by atoms with Gasteiger partial charge in [0.05, 0.1) is 7.11 Å². The molecule has 0 bridgehead atoms. The number of amides is 3. The van der Waals surface area contributed by atoms with E-state index in [9.17, 15) is 14.4 Å². The van der Waals surface area contributed by atoms with Gasteiger partial charge in [-0.3, -0.25) is 14.4 Å². The molecule has 1 saturated heterocycles. The minimum absolute atomic E-state index is 0.0417. The van der Waals surface area contributed by atoms with E-state index in [1.54, 1.807) is 36.3 Å². The molecule has 2 aromatic carbocycles. The van der Waals surface area contributed by atoms with E-state index in [1.165, 1.54) is 6.92 Å². The summed E-state index contributed by atoms with van der Waals surface area (Å²) in [6.45, 7) is 2.40. The van der Waals surface area contributed by atoms with Crippen molar-refractivity contribution in [1.29, 1.82) is 0 Å². The molecule has 3 rings (SSSR count). The molecule has 1 aliphatic heterocycles. The second-order valence-electron chi connectivity index (χ2n) is 7.76. The molecule has 31 heavy (non-hydrogen) atoms. The van der Waals surface area contributed by atoms with E-state index in [-0.39, 0.29) is 23.6 Å². The first-order valence-corrected chi connectivity index (χ1v) is 10.5. The summed E-state index contributed by atoms with van der Waals surface area (Å²) in [4.78, 5) is 39.1. The predicted molar refractivity (Wildman–Crippen MR) is 119 cm³/mol.